The van der Waals surface area contributed by atoms with E-state index in [0.29, 0.717) is 11.4 Å². The van der Waals surface area contributed by atoms with Gasteiger partial charge in [-0.25, -0.2) is 4.39 Å². The van der Waals surface area contributed by atoms with Gasteiger partial charge in [-0.2, -0.15) is 13.2 Å². The number of rotatable bonds is 4. The van der Waals surface area contributed by atoms with E-state index in [0.717, 1.165) is 12.1 Å². The number of carbonyl (C=O) groups is 1. The minimum absolute atomic E-state index is 0.191. The second-order valence-corrected chi connectivity index (χ2v) is 5.63. The average molecular weight is 375 g/mol. The smallest absolute Gasteiger partial charge is 0.354 e. The standard InChI is InChI=1S/C19H13F4N3O/c20-14-2-1-3-16(9-14)25-17-8-12(10-24-11-17)18(27)26-15-6-4-13(5-7-15)19(21,22)23/h1-11,25H,(H,26,27). The first-order valence-electron chi connectivity index (χ1n) is 7.77. The maximum atomic E-state index is 13.2. The second-order valence-electron chi connectivity index (χ2n) is 5.63. The predicted octanol–water partition coefficient (Wildman–Crippen LogP) is 5.24. The molecule has 3 rings (SSSR count). The molecule has 0 aliphatic heterocycles. The molecule has 3 aromatic rings. The summed E-state index contributed by atoms with van der Waals surface area (Å²) in [6.07, 6.45) is -1.67. The number of hydrogen-bond donors (Lipinski definition) is 2. The lowest BCUT2D eigenvalue weighted by molar-refractivity contribution is -0.137. The number of aromatic nitrogens is 1. The Balaban J connectivity index is 1.72. The first kappa shape index (κ1) is 18.4. The van der Waals surface area contributed by atoms with Gasteiger partial charge in [0.05, 0.1) is 23.0 Å². The summed E-state index contributed by atoms with van der Waals surface area (Å²) in [6.45, 7) is 0. The van der Waals surface area contributed by atoms with Crippen molar-refractivity contribution < 1.29 is 22.4 Å². The Kier molecular flexibility index (Phi) is 5.07. The minimum Gasteiger partial charge on any atom is -0.354 e. The molecule has 0 fully saturated rings. The molecule has 0 bridgehead atoms. The molecule has 0 aliphatic rings. The number of pyridine rings is 1. The molecule has 0 radical (unpaired) electrons. The molecule has 27 heavy (non-hydrogen) atoms. The molecule has 1 amide bonds. The van der Waals surface area contributed by atoms with Gasteiger partial charge in [-0.05, 0) is 48.5 Å². The molecule has 1 aromatic heterocycles. The molecule has 0 unspecified atom stereocenters. The second kappa shape index (κ2) is 7.45. The number of nitrogens with zero attached hydrogens (tertiary/aromatic N) is 1. The number of nitrogens with one attached hydrogen (secondary N) is 2. The van der Waals surface area contributed by atoms with E-state index in [1.807, 2.05) is 0 Å². The van der Waals surface area contributed by atoms with Crippen LogP contribution in [0.2, 0.25) is 0 Å². The third-order valence-electron chi connectivity index (χ3n) is 3.58. The van der Waals surface area contributed by atoms with Crippen molar-refractivity contribution in [1.29, 1.82) is 0 Å². The minimum atomic E-state index is -4.44. The third kappa shape index (κ3) is 4.81. The monoisotopic (exact) mass is 375 g/mol. The van der Waals surface area contributed by atoms with E-state index in [2.05, 4.69) is 15.6 Å². The molecule has 2 aromatic carbocycles. The zero-order chi connectivity index (χ0) is 19.4. The summed E-state index contributed by atoms with van der Waals surface area (Å²) in [7, 11) is 0. The zero-order valence-electron chi connectivity index (χ0n) is 13.7. The SMILES string of the molecule is O=C(Nc1ccc(C(F)(F)F)cc1)c1cncc(Nc2cccc(F)c2)c1. The highest BCUT2D eigenvalue weighted by Gasteiger charge is 2.30. The van der Waals surface area contributed by atoms with Crippen LogP contribution in [0, 0.1) is 5.82 Å². The van der Waals surface area contributed by atoms with Crippen LogP contribution in [0.5, 0.6) is 0 Å². The van der Waals surface area contributed by atoms with Gasteiger partial charge >= 0.3 is 6.18 Å². The summed E-state index contributed by atoms with van der Waals surface area (Å²) in [5.74, 6) is -0.950. The lowest BCUT2D eigenvalue weighted by Gasteiger charge is -2.10. The molecule has 0 spiro atoms. The number of anilines is 3. The maximum Gasteiger partial charge on any atom is 0.416 e. The Labute approximate surface area is 151 Å². The Hall–Kier alpha value is -3.42. The number of hydrogen-bond acceptors (Lipinski definition) is 3. The van der Waals surface area contributed by atoms with Crippen LogP contribution in [0.25, 0.3) is 0 Å². The van der Waals surface area contributed by atoms with Crippen molar-refractivity contribution in [2.75, 3.05) is 10.6 Å². The molecule has 1 heterocycles. The summed E-state index contributed by atoms with van der Waals surface area (Å²) in [5.41, 5.74) is 0.550. The maximum absolute atomic E-state index is 13.2. The number of halogens is 4. The lowest BCUT2D eigenvalue weighted by Crippen LogP contribution is -2.13. The number of benzene rings is 2. The van der Waals surface area contributed by atoms with Gasteiger partial charge in [0.25, 0.3) is 5.91 Å². The molecule has 0 atom stereocenters. The molecular formula is C19H13F4N3O. The Morgan fingerprint density at radius 3 is 2.30 bits per heavy atom. The Bertz CT molecular complexity index is 956. The molecule has 8 heteroatoms. The molecule has 138 valence electrons. The summed E-state index contributed by atoms with van der Waals surface area (Å²) in [5, 5.41) is 5.42. The van der Waals surface area contributed by atoms with Crippen molar-refractivity contribution in [2.24, 2.45) is 0 Å². The van der Waals surface area contributed by atoms with Crippen LogP contribution in [0.15, 0.2) is 67.0 Å². The van der Waals surface area contributed by atoms with Crippen LogP contribution in [0.4, 0.5) is 34.6 Å². The molecule has 0 aliphatic carbocycles. The van der Waals surface area contributed by atoms with Crippen molar-refractivity contribution >= 4 is 23.0 Å². The highest BCUT2D eigenvalue weighted by Crippen LogP contribution is 2.30. The van der Waals surface area contributed by atoms with Gasteiger partial charge in [-0.1, -0.05) is 6.07 Å². The first-order valence-corrected chi connectivity index (χ1v) is 7.77. The summed E-state index contributed by atoms with van der Waals surface area (Å²) in [4.78, 5) is 16.2. The predicted molar refractivity (Wildman–Crippen MR) is 93.3 cm³/mol. The summed E-state index contributed by atoms with van der Waals surface area (Å²) < 4.78 is 50.9. The van der Waals surface area contributed by atoms with E-state index < -0.39 is 23.5 Å². The summed E-state index contributed by atoms with van der Waals surface area (Å²) in [6, 6.07) is 11.4. The van der Waals surface area contributed by atoms with Gasteiger partial charge in [0.1, 0.15) is 5.82 Å². The van der Waals surface area contributed by atoms with Gasteiger partial charge in [-0.15, -0.1) is 0 Å². The molecular weight excluding hydrogens is 362 g/mol. The summed E-state index contributed by atoms with van der Waals surface area (Å²) >= 11 is 0. The quantitative estimate of drug-likeness (QED) is 0.614. The van der Waals surface area contributed by atoms with Gasteiger partial charge < -0.3 is 10.6 Å². The largest absolute Gasteiger partial charge is 0.416 e. The van der Waals surface area contributed by atoms with E-state index in [-0.39, 0.29) is 11.3 Å². The zero-order valence-corrected chi connectivity index (χ0v) is 13.7. The van der Waals surface area contributed by atoms with Crippen LogP contribution in [-0.4, -0.2) is 10.9 Å². The normalized spacial score (nSPS) is 11.1. The van der Waals surface area contributed by atoms with Crippen LogP contribution in [0.3, 0.4) is 0 Å². The van der Waals surface area contributed by atoms with E-state index in [1.165, 1.54) is 48.8 Å². The van der Waals surface area contributed by atoms with Crippen molar-refractivity contribution in [2.45, 2.75) is 6.18 Å². The van der Waals surface area contributed by atoms with Crippen LogP contribution in [0.1, 0.15) is 15.9 Å². The molecule has 2 N–H and O–H groups in total. The van der Waals surface area contributed by atoms with Gasteiger partial charge in [-0.3, -0.25) is 9.78 Å². The molecule has 0 saturated carbocycles. The third-order valence-corrected chi connectivity index (χ3v) is 3.58. The number of carbonyl (C=O) groups excluding carboxylic acids is 1. The van der Waals surface area contributed by atoms with Crippen molar-refractivity contribution in [3.8, 4) is 0 Å². The highest BCUT2D eigenvalue weighted by atomic mass is 19.4. The number of alkyl halides is 3. The van der Waals surface area contributed by atoms with E-state index >= 15 is 0 Å². The molecule has 4 nitrogen and oxygen atoms in total. The van der Waals surface area contributed by atoms with Crippen LogP contribution in [-0.2, 0) is 6.18 Å². The average Bonchev–Trinajstić information content (AvgIpc) is 2.62. The fraction of sp³-hybridized carbons (Fsp3) is 0.0526. The molecule has 0 saturated heterocycles. The lowest BCUT2D eigenvalue weighted by atomic mass is 10.2. The van der Waals surface area contributed by atoms with E-state index in [4.69, 9.17) is 0 Å². The Morgan fingerprint density at radius 1 is 0.889 bits per heavy atom. The van der Waals surface area contributed by atoms with Crippen molar-refractivity contribution in [3.63, 3.8) is 0 Å². The van der Waals surface area contributed by atoms with Gasteiger partial charge in [0.2, 0.25) is 0 Å². The van der Waals surface area contributed by atoms with Crippen LogP contribution >= 0.6 is 0 Å². The van der Waals surface area contributed by atoms with E-state index in [1.54, 1.807) is 6.07 Å². The van der Waals surface area contributed by atoms with Gasteiger partial charge in [0, 0.05) is 17.6 Å². The van der Waals surface area contributed by atoms with E-state index in [9.17, 15) is 22.4 Å². The first-order chi connectivity index (χ1) is 12.8. The Morgan fingerprint density at radius 2 is 1.63 bits per heavy atom. The fourth-order valence-corrected chi connectivity index (χ4v) is 2.31. The van der Waals surface area contributed by atoms with Gasteiger partial charge in [0.15, 0.2) is 0 Å². The van der Waals surface area contributed by atoms with Crippen LogP contribution < -0.4 is 10.6 Å². The number of amides is 1. The van der Waals surface area contributed by atoms with Crippen molar-refractivity contribution in [3.05, 3.63) is 83.9 Å². The fourth-order valence-electron chi connectivity index (χ4n) is 2.31. The topological polar surface area (TPSA) is 54.0 Å². The van der Waals surface area contributed by atoms with Crippen molar-refractivity contribution in [1.82, 2.24) is 4.98 Å². The highest BCUT2D eigenvalue weighted by molar-refractivity contribution is 6.04.